The van der Waals surface area contributed by atoms with Crippen molar-refractivity contribution < 1.29 is 9.18 Å². The summed E-state index contributed by atoms with van der Waals surface area (Å²) in [5.74, 6) is -0.599. The third-order valence-corrected chi connectivity index (χ3v) is 3.79. The first kappa shape index (κ1) is 14.6. The van der Waals surface area contributed by atoms with Crippen LogP contribution in [-0.4, -0.2) is 27.6 Å². The molecule has 0 aliphatic carbocycles. The highest BCUT2D eigenvalue weighted by atomic mass is 19.1. The van der Waals surface area contributed by atoms with Crippen LogP contribution in [0.1, 0.15) is 47.1 Å². The molecule has 0 aromatic carbocycles. The monoisotopic (exact) mass is 303 g/mol. The molecule has 0 spiro atoms. The molecular weight excluding hydrogens is 285 g/mol. The van der Waals surface area contributed by atoms with Crippen molar-refractivity contribution in [2.75, 3.05) is 6.54 Å². The van der Waals surface area contributed by atoms with E-state index in [9.17, 15) is 9.18 Å². The average Bonchev–Trinajstić information content (AvgIpc) is 3.04. The van der Waals surface area contributed by atoms with Crippen molar-refractivity contribution in [2.24, 2.45) is 0 Å². The fraction of sp³-hybridized carbons (Fsp3) is 0.400. The normalized spacial score (nSPS) is 18.1. The summed E-state index contributed by atoms with van der Waals surface area (Å²) in [4.78, 5) is 16.2. The van der Waals surface area contributed by atoms with Crippen LogP contribution in [0, 0.1) is 5.82 Å². The smallest absolute Gasteiger partial charge is 0.255 e. The average molecular weight is 303 g/mol. The van der Waals surface area contributed by atoms with Gasteiger partial charge in [0.15, 0.2) is 0 Å². The number of aromatic amines is 1. The number of carbonyl (C=O) groups is 1. The zero-order valence-electron chi connectivity index (χ0n) is 12.1. The van der Waals surface area contributed by atoms with Crippen LogP contribution in [0.4, 0.5) is 4.39 Å². The van der Waals surface area contributed by atoms with Crippen molar-refractivity contribution in [3.8, 4) is 0 Å². The van der Waals surface area contributed by atoms with E-state index in [2.05, 4.69) is 25.8 Å². The van der Waals surface area contributed by atoms with Gasteiger partial charge in [-0.15, -0.1) is 0 Å². The molecular formula is C15H18FN5O. The van der Waals surface area contributed by atoms with E-state index in [4.69, 9.17) is 0 Å². The number of carbonyl (C=O) groups excluding carboxylic acids is 1. The number of halogens is 1. The Morgan fingerprint density at radius 2 is 2.27 bits per heavy atom. The minimum absolute atomic E-state index is 0.140. The first-order valence-electron chi connectivity index (χ1n) is 7.39. The molecule has 6 nitrogen and oxygen atoms in total. The van der Waals surface area contributed by atoms with Crippen LogP contribution in [0.5, 0.6) is 0 Å². The van der Waals surface area contributed by atoms with Crippen LogP contribution in [0.2, 0.25) is 0 Å². The maximum absolute atomic E-state index is 12.8. The zero-order chi connectivity index (χ0) is 15.4. The summed E-state index contributed by atoms with van der Waals surface area (Å²) in [6.45, 7) is 1.20. The Hall–Kier alpha value is -2.28. The van der Waals surface area contributed by atoms with Gasteiger partial charge in [0.05, 0.1) is 35.9 Å². The van der Waals surface area contributed by atoms with Gasteiger partial charge in [0.25, 0.3) is 5.91 Å². The van der Waals surface area contributed by atoms with Gasteiger partial charge < -0.3 is 10.6 Å². The van der Waals surface area contributed by atoms with Gasteiger partial charge in [-0.3, -0.25) is 14.9 Å². The van der Waals surface area contributed by atoms with Gasteiger partial charge >= 0.3 is 0 Å². The Morgan fingerprint density at radius 3 is 3.00 bits per heavy atom. The SMILES string of the molecule is O=C(NCc1ccc(F)cn1)c1cn[nH]c1C1CCCCN1. The Balaban J connectivity index is 1.65. The van der Waals surface area contributed by atoms with Crippen molar-refractivity contribution in [3.05, 3.63) is 47.3 Å². The quantitative estimate of drug-likeness (QED) is 0.802. The molecule has 1 atom stereocenters. The third kappa shape index (κ3) is 3.30. The lowest BCUT2D eigenvalue weighted by molar-refractivity contribution is 0.0948. The van der Waals surface area contributed by atoms with Gasteiger partial charge in [-0.2, -0.15) is 5.10 Å². The van der Waals surface area contributed by atoms with Crippen LogP contribution < -0.4 is 10.6 Å². The molecule has 22 heavy (non-hydrogen) atoms. The number of aromatic nitrogens is 3. The summed E-state index contributed by atoms with van der Waals surface area (Å²) in [6.07, 6.45) is 5.96. The second-order valence-corrected chi connectivity index (χ2v) is 5.35. The molecule has 2 aromatic heterocycles. The first-order valence-corrected chi connectivity index (χ1v) is 7.39. The standard InChI is InChI=1S/C15H18FN5O/c16-10-4-5-11(18-7-10)8-19-15(22)12-9-20-21-14(12)13-3-1-2-6-17-13/h4-5,7,9,13,17H,1-3,6,8H2,(H,19,22)(H,20,21). The van der Waals surface area contributed by atoms with Gasteiger partial charge in [0.2, 0.25) is 0 Å². The molecule has 1 aliphatic heterocycles. The fourth-order valence-electron chi connectivity index (χ4n) is 2.62. The summed E-state index contributed by atoms with van der Waals surface area (Å²) in [7, 11) is 0. The number of rotatable bonds is 4. The van der Waals surface area contributed by atoms with Gasteiger partial charge in [-0.25, -0.2) is 4.39 Å². The van der Waals surface area contributed by atoms with Crippen LogP contribution in [-0.2, 0) is 6.54 Å². The summed E-state index contributed by atoms with van der Waals surface area (Å²) in [6, 6.07) is 3.01. The number of H-pyrrole nitrogens is 1. The molecule has 0 radical (unpaired) electrons. The predicted octanol–water partition coefficient (Wildman–Crippen LogP) is 1.69. The molecule has 1 unspecified atom stereocenters. The minimum Gasteiger partial charge on any atom is -0.346 e. The highest BCUT2D eigenvalue weighted by Crippen LogP contribution is 2.23. The largest absolute Gasteiger partial charge is 0.346 e. The van der Waals surface area contributed by atoms with Gasteiger partial charge in [0.1, 0.15) is 5.82 Å². The van der Waals surface area contributed by atoms with Gasteiger partial charge in [-0.1, -0.05) is 6.42 Å². The predicted molar refractivity (Wildman–Crippen MR) is 78.5 cm³/mol. The van der Waals surface area contributed by atoms with E-state index in [-0.39, 0.29) is 18.5 Å². The molecule has 7 heteroatoms. The second-order valence-electron chi connectivity index (χ2n) is 5.35. The van der Waals surface area contributed by atoms with Gasteiger partial charge in [0, 0.05) is 6.04 Å². The van der Waals surface area contributed by atoms with Gasteiger partial charge in [-0.05, 0) is 31.5 Å². The highest BCUT2D eigenvalue weighted by Gasteiger charge is 2.22. The number of hydrogen-bond acceptors (Lipinski definition) is 4. The summed E-state index contributed by atoms with van der Waals surface area (Å²) >= 11 is 0. The Labute approximate surface area is 127 Å². The van der Waals surface area contributed by atoms with E-state index in [1.807, 2.05) is 0 Å². The van der Waals surface area contributed by atoms with E-state index in [0.717, 1.165) is 37.7 Å². The van der Waals surface area contributed by atoms with E-state index >= 15 is 0 Å². The molecule has 3 N–H and O–H groups in total. The molecule has 0 saturated carbocycles. The molecule has 116 valence electrons. The Morgan fingerprint density at radius 1 is 1.36 bits per heavy atom. The molecule has 3 heterocycles. The Kier molecular flexibility index (Phi) is 4.43. The number of hydrogen-bond donors (Lipinski definition) is 3. The van der Waals surface area contributed by atoms with Crippen LogP contribution in [0.15, 0.2) is 24.5 Å². The molecule has 1 aliphatic rings. The molecule has 3 rings (SSSR count). The summed E-state index contributed by atoms with van der Waals surface area (Å²) < 4.78 is 12.8. The third-order valence-electron chi connectivity index (χ3n) is 3.79. The number of piperidine rings is 1. The highest BCUT2D eigenvalue weighted by molar-refractivity contribution is 5.95. The molecule has 2 aromatic rings. The molecule has 1 saturated heterocycles. The van der Waals surface area contributed by atoms with Crippen LogP contribution in [0.25, 0.3) is 0 Å². The van der Waals surface area contributed by atoms with Crippen molar-refractivity contribution in [1.82, 2.24) is 25.8 Å². The lowest BCUT2D eigenvalue weighted by Crippen LogP contribution is -2.30. The summed E-state index contributed by atoms with van der Waals surface area (Å²) in [5.41, 5.74) is 1.97. The van der Waals surface area contributed by atoms with Crippen LogP contribution in [0.3, 0.4) is 0 Å². The number of nitrogens with one attached hydrogen (secondary N) is 3. The van der Waals surface area contributed by atoms with Crippen molar-refractivity contribution in [2.45, 2.75) is 31.8 Å². The molecule has 1 amide bonds. The van der Waals surface area contributed by atoms with E-state index in [1.54, 1.807) is 12.3 Å². The number of amides is 1. The Bertz CT molecular complexity index is 634. The van der Waals surface area contributed by atoms with Crippen molar-refractivity contribution in [1.29, 1.82) is 0 Å². The lowest BCUT2D eigenvalue weighted by atomic mass is 9.99. The number of nitrogens with zero attached hydrogens (tertiary/aromatic N) is 2. The topological polar surface area (TPSA) is 82.7 Å². The van der Waals surface area contributed by atoms with E-state index in [1.165, 1.54) is 6.07 Å². The first-order chi connectivity index (χ1) is 10.7. The summed E-state index contributed by atoms with van der Waals surface area (Å²) in [5, 5.41) is 13.1. The number of pyridine rings is 1. The van der Waals surface area contributed by atoms with Crippen molar-refractivity contribution in [3.63, 3.8) is 0 Å². The van der Waals surface area contributed by atoms with Crippen molar-refractivity contribution >= 4 is 5.91 Å². The lowest BCUT2D eigenvalue weighted by Gasteiger charge is -2.23. The zero-order valence-corrected chi connectivity index (χ0v) is 12.1. The second kappa shape index (κ2) is 6.65. The van der Waals surface area contributed by atoms with E-state index in [0.29, 0.717) is 11.3 Å². The van der Waals surface area contributed by atoms with Crippen LogP contribution >= 0.6 is 0 Å². The molecule has 0 bridgehead atoms. The van der Waals surface area contributed by atoms with E-state index < -0.39 is 5.82 Å². The molecule has 1 fully saturated rings. The maximum Gasteiger partial charge on any atom is 0.255 e. The maximum atomic E-state index is 12.8. The fourth-order valence-corrected chi connectivity index (χ4v) is 2.62. The minimum atomic E-state index is -0.393.